The minimum atomic E-state index is -0.126. The summed E-state index contributed by atoms with van der Waals surface area (Å²) in [5.41, 5.74) is 7.79. The molecule has 1 aromatic carbocycles. The average Bonchev–Trinajstić information content (AvgIpc) is 2.63. The maximum Gasteiger partial charge on any atom is 0.122 e. The number of phenols is 1. The lowest BCUT2D eigenvalue weighted by Gasteiger charge is -2.24. The first-order valence-corrected chi connectivity index (χ1v) is 7.82. The van der Waals surface area contributed by atoms with Crippen molar-refractivity contribution in [2.75, 3.05) is 18.0 Å². The van der Waals surface area contributed by atoms with Gasteiger partial charge in [0.15, 0.2) is 0 Å². The van der Waals surface area contributed by atoms with Gasteiger partial charge in [-0.05, 0) is 44.1 Å². The highest BCUT2D eigenvalue weighted by Gasteiger charge is 2.20. The van der Waals surface area contributed by atoms with Gasteiger partial charge in [0.2, 0.25) is 0 Å². The van der Waals surface area contributed by atoms with Crippen molar-refractivity contribution in [2.45, 2.75) is 46.1 Å². The molecule has 2 rings (SSSR count). The van der Waals surface area contributed by atoms with E-state index in [2.05, 4.69) is 24.8 Å². The first-order chi connectivity index (χ1) is 9.49. The van der Waals surface area contributed by atoms with Gasteiger partial charge in [-0.25, -0.2) is 0 Å². The molecule has 0 radical (unpaired) electrons. The van der Waals surface area contributed by atoms with E-state index in [1.54, 1.807) is 0 Å². The van der Waals surface area contributed by atoms with Crippen molar-refractivity contribution in [2.24, 2.45) is 17.6 Å². The van der Waals surface area contributed by atoms with Crippen molar-refractivity contribution in [1.82, 2.24) is 0 Å². The van der Waals surface area contributed by atoms with E-state index in [-0.39, 0.29) is 6.04 Å². The zero-order chi connectivity index (χ0) is 14.7. The first kappa shape index (κ1) is 15.2. The average molecular weight is 276 g/mol. The Bertz CT molecular complexity index is 443. The van der Waals surface area contributed by atoms with Crippen molar-refractivity contribution in [3.8, 4) is 5.75 Å². The summed E-state index contributed by atoms with van der Waals surface area (Å²) in [5, 5.41) is 10.1. The molecule has 1 aliphatic heterocycles. The van der Waals surface area contributed by atoms with Crippen molar-refractivity contribution in [1.29, 1.82) is 0 Å². The summed E-state index contributed by atoms with van der Waals surface area (Å²) < 4.78 is 0. The Hall–Kier alpha value is -1.22. The third-order valence-corrected chi connectivity index (χ3v) is 4.59. The lowest BCUT2D eigenvalue weighted by Crippen LogP contribution is -2.24. The van der Waals surface area contributed by atoms with Crippen molar-refractivity contribution in [3.05, 3.63) is 23.8 Å². The molecule has 1 aliphatic rings. The van der Waals surface area contributed by atoms with Crippen LogP contribution in [0.5, 0.6) is 5.75 Å². The second kappa shape index (κ2) is 6.49. The molecule has 0 spiro atoms. The fourth-order valence-corrected chi connectivity index (χ4v) is 3.16. The highest BCUT2D eigenvalue weighted by Crippen LogP contribution is 2.31. The zero-order valence-corrected chi connectivity index (χ0v) is 13.0. The third-order valence-electron chi connectivity index (χ3n) is 4.59. The molecule has 3 nitrogen and oxygen atoms in total. The summed E-state index contributed by atoms with van der Waals surface area (Å²) in [7, 11) is 0. The van der Waals surface area contributed by atoms with Crippen molar-refractivity contribution in [3.63, 3.8) is 0 Å². The minimum absolute atomic E-state index is 0.126. The Kier molecular flexibility index (Phi) is 4.92. The van der Waals surface area contributed by atoms with Crippen LogP contribution in [-0.4, -0.2) is 18.2 Å². The number of rotatable bonds is 3. The second-order valence-electron chi connectivity index (χ2n) is 6.45. The van der Waals surface area contributed by atoms with Gasteiger partial charge < -0.3 is 15.7 Å². The quantitative estimate of drug-likeness (QED) is 0.885. The van der Waals surface area contributed by atoms with Gasteiger partial charge in [0.05, 0.1) is 0 Å². The predicted octanol–water partition coefficient (Wildman–Crippen LogP) is 3.67. The lowest BCUT2D eigenvalue weighted by atomic mass is 9.89. The van der Waals surface area contributed by atoms with Crippen LogP contribution < -0.4 is 10.6 Å². The molecular formula is C17H28N2O. The molecule has 1 fully saturated rings. The maximum absolute atomic E-state index is 10.1. The summed E-state index contributed by atoms with van der Waals surface area (Å²) in [6.45, 7) is 8.71. The monoisotopic (exact) mass is 276 g/mol. The Morgan fingerprint density at radius 2 is 1.95 bits per heavy atom. The molecule has 0 saturated carbocycles. The van der Waals surface area contributed by atoms with Gasteiger partial charge in [0.1, 0.15) is 5.75 Å². The molecule has 0 bridgehead atoms. The molecule has 3 N–H and O–H groups in total. The van der Waals surface area contributed by atoms with Gasteiger partial charge in [-0.15, -0.1) is 0 Å². The molecule has 1 aromatic rings. The highest BCUT2D eigenvalue weighted by atomic mass is 16.3. The molecule has 0 amide bonds. The molecule has 0 aliphatic carbocycles. The lowest BCUT2D eigenvalue weighted by molar-refractivity contribution is 0.351. The fraction of sp³-hybridized carbons (Fsp3) is 0.647. The fourth-order valence-electron chi connectivity index (χ4n) is 3.16. The van der Waals surface area contributed by atoms with Crippen LogP contribution in [-0.2, 0) is 0 Å². The predicted molar refractivity (Wildman–Crippen MR) is 85.1 cm³/mol. The van der Waals surface area contributed by atoms with E-state index in [9.17, 15) is 5.11 Å². The van der Waals surface area contributed by atoms with Crippen molar-refractivity contribution < 1.29 is 5.11 Å². The van der Waals surface area contributed by atoms with Gasteiger partial charge in [0, 0.05) is 36.4 Å². The summed E-state index contributed by atoms with van der Waals surface area (Å²) in [6, 6.07) is 5.79. The second-order valence-corrected chi connectivity index (χ2v) is 6.45. The Morgan fingerprint density at radius 3 is 2.55 bits per heavy atom. The standard InChI is InChI=1S/C17H28N2O/c1-12(2)14-5-4-9-19(10-8-14)15-6-7-16(13(3)18)17(20)11-15/h6-7,11-14,20H,4-5,8-10,18H2,1-3H3. The summed E-state index contributed by atoms with van der Waals surface area (Å²) in [5.74, 6) is 1.92. The van der Waals surface area contributed by atoms with Crippen LogP contribution in [0.25, 0.3) is 0 Å². The number of aromatic hydroxyl groups is 1. The molecule has 2 atom stereocenters. The molecule has 0 aromatic heterocycles. The number of hydrogen-bond acceptors (Lipinski definition) is 3. The molecule has 1 saturated heterocycles. The largest absolute Gasteiger partial charge is 0.508 e. The summed E-state index contributed by atoms with van der Waals surface area (Å²) in [4.78, 5) is 2.40. The van der Waals surface area contributed by atoms with E-state index in [0.717, 1.165) is 36.2 Å². The van der Waals surface area contributed by atoms with Crippen molar-refractivity contribution >= 4 is 5.69 Å². The number of nitrogens with two attached hydrogens (primary N) is 1. The topological polar surface area (TPSA) is 49.5 Å². The van der Waals surface area contributed by atoms with Gasteiger partial charge in [-0.3, -0.25) is 0 Å². The Morgan fingerprint density at radius 1 is 1.20 bits per heavy atom. The van der Waals surface area contributed by atoms with Crippen LogP contribution in [0.1, 0.15) is 51.6 Å². The first-order valence-electron chi connectivity index (χ1n) is 7.82. The van der Waals surface area contributed by atoms with Gasteiger partial charge in [-0.1, -0.05) is 19.9 Å². The van der Waals surface area contributed by atoms with E-state index in [4.69, 9.17) is 5.73 Å². The minimum Gasteiger partial charge on any atom is -0.508 e. The molecular weight excluding hydrogens is 248 g/mol. The maximum atomic E-state index is 10.1. The summed E-state index contributed by atoms with van der Waals surface area (Å²) >= 11 is 0. The highest BCUT2D eigenvalue weighted by molar-refractivity contribution is 5.54. The smallest absolute Gasteiger partial charge is 0.122 e. The number of benzene rings is 1. The van der Waals surface area contributed by atoms with E-state index in [1.165, 1.54) is 19.3 Å². The third kappa shape index (κ3) is 3.45. The number of hydrogen-bond donors (Lipinski definition) is 2. The normalized spacial score (nSPS) is 21.9. The molecule has 112 valence electrons. The van der Waals surface area contributed by atoms with Crippen LogP contribution in [0.4, 0.5) is 5.69 Å². The van der Waals surface area contributed by atoms with Crippen LogP contribution in [0, 0.1) is 11.8 Å². The SMILES string of the molecule is CC(N)c1ccc(N2CCCC(C(C)C)CC2)cc1O. The Labute approximate surface area is 122 Å². The van der Waals surface area contributed by atoms with Crippen LogP contribution in [0.3, 0.4) is 0 Å². The number of phenolic OH excluding ortho intramolecular Hbond substituents is 1. The molecule has 2 unspecified atom stereocenters. The number of anilines is 1. The van der Waals surface area contributed by atoms with E-state index < -0.39 is 0 Å². The number of nitrogens with zero attached hydrogens (tertiary/aromatic N) is 1. The van der Waals surface area contributed by atoms with Gasteiger partial charge >= 0.3 is 0 Å². The van der Waals surface area contributed by atoms with Crippen LogP contribution >= 0.6 is 0 Å². The van der Waals surface area contributed by atoms with Gasteiger partial charge in [-0.2, -0.15) is 0 Å². The molecule has 3 heteroatoms. The van der Waals surface area contributed by atoms with Gasteiger partial charge in [0.25, 0.3) is 0 Å². The van der Waals surface area contributed by atoms with E-state index in [1.807, 2.05) is 19.1 Å². The molecule has 1 heterocycles. The Balaban J connectivity index is 2.10. The van der Waals surface area contributed by atoms with Crippen LogP contribution in [0.2, 0.25) is 0 Å². The summed E-state index contributed by atoms with van der Waals surface area (Å²) in [6.07, 6.45) is 3.80. The molecule has 20 heavy (non-hydrogen) atoms. The van der Waals surface area contributed by atoms with E-state index in [0.29, 0.717) is 5.75 Å². The zero-order valence-electron chi connectivity index (χ0n) is 13.0. The van der Waals surface area contributed by atoms with Crippen LogP contribution in [0.15, 0.2) is 18.2 Å². The van der Waals surface area contributed by atoms with E-state index >= 15 is 0 Å².